The minimum atomic E-state index is -0.718. The quantitative estimate of drug-likeness (QED) is 0.188. The van der Waals surface area contributed by atoms with Crippen LogP contribution < -0.4 is 0 Å². The first-order chi connectivity index (χ1) is 21.0. The summed E-state index contributed by atoms with van der Waals surface area (Å²) >= 11 is 1.51. The molecule has 0 N–H and O–H groups in total. The fourth-order valence-corrected chi connectivity index (χ4v) is 8.03. The topological polar surface area (TPSA) is 39.4 Å². The number of thiophene rings is 1. The summed E-state index contributed by atoms with van der Waals surface area (Å²) in [6.07, 6.45) is 5.03. The van der Waals surface area contributed by atoms with Crippen LogP contribution in [0.3, 0.4) is 0 Å². The third-order valence-corrected chi connectivity index (χ3v) is 10.6. The van der Waals surface area contributed by atoms with Gasteiger partial charge in [-0.2, -0.15) is 5.26 Å². The molecule has 0 saturated carbocycles. The number of benzene rings is 4. The number of nitriles is 1. The lowest BCUT2D eigenvalue weighted by atomic mass is 9.73. The van der Waals surface area contributed by atoms with Crippen molar-refractivity contribution < 1.29 is 4.39 Å². The summed E-state index contributed by atoms with van der Waals surface area (Å²) in [6, 6.07) is 34.2. The molecule has 2 aliphatic rings. The Morgan fingerprint density at radius 3 is 2.30 bits per heavy atom. The van der Waals surface area contributed by atoms with Gasteiger partial charge in [-0.15, -0.1) is 11.3 Å². The van der Waals surface area contributed by atoms with Crippen molar-refractivity contribution in [3.8, 4) is 16.5 Å². The second kappa shape index (κ2) is 11.5. The Morgan fingerprint density at radius 2 is 1.63 bits per heavy atom. The smallest absolute Gasteiger partial charge is 0.144 e. The lowest BCUT2D eigenvalue weighted by molar-refractivity contribution is 0.187. The molecule has 1 unspecified atom stereocenters. The standard InChI is InChI=1S/C38H34FN3S/c1-42-20-18-38(19-21-42)17-16-26-12-13-29(23-33(26)38)34-24-31-15-14-30(35(39)37(31)43-34)22-32(25-40)41-36(27-8-4-2-5-9-27)28-10-6-3-7-11-28/h2-15,23-24,32H,16-22H2,1H3. The molecule has 0 bridgehead atoms. The Kier molecular flexibility index (Phi) is 7.43. The molecule has 1 spiro atoms. The van der Waals surface area contributed by atoms with E-state index in [-0.39, 0.29) is 17.7 Å². The van der Waals surface area contributed by atoms with Crippen LogP contribution in [0.5, 0.6) is 0 Å². The van der Waals surface area contributed by atoms with Gasteiger partial charge in [0.05, 0.1) is 16.5 Å². The molecule has 5 heteroatoms. The second-order valence-corrected chi connectivity index (χ2v) is 13.1. The van der Waals surface area contributed by atoms with Crippen molar-refractivity contribution in [2.45, 2.75) is 43.6 Å². The number of piperidine rings is 1. The zero-order valence-electron chi connectivity index (χ0n) is 24.4. The number of likely N-dealkylation sites (tertiary alicyclic amines) is 1. The lowest BCUT2D eigenvalue weighted by Crippen LogP contribution is -2.39. The number of rotatable bonds is 6. The highest BCUT2D eigenvalue weighted by Crippen LogP contribution is 2.48. The molecule has 7 rings (SSSR count). The summed E-state index contributed by atoms with van der Waals surface area (Å²) in [4.78, 5) is 8.40. The molecule has 0 radical (unpaired) electrons. The molecule has 1 saturated heterocycles. The van der Waals surface area contributed by atoms with Crippen LogP contribution in [0.25, 0.3) is 20.5 Å². The number of halogens is 1. The van der Waals surface area contributed by atoms with Crippen molar-refractivity contribution in [3.63, 3.8) is 0 Å². The van der Waals surface area contributed by atoms with E-state index in [1.165, 1.54) is 47.3 Å². The van der Waals surface area contributed by atoms with E-state index in [2.05, 4.69) is 42.3 Å². The van der Waals surface area contributed by atoms with Gasteiger partial charge >= 0.3 is 0 Å². The first-order valence-corrected chi connectivity index (χ1v) is 16.0. The Bertz CT molecular complexity index is 1800. The molecule has 1 aromatic heterocycles. The van der Waals surface area contributed by atoms with E-state index in [9.17, 15) is 5.26 Å². The van der Waals surface area contributed by atoms with Crippen LogP contribution in [0.4, 0.5) is 4.39 Å². The summed E-state index contributed by atoms with van der Waals surface area (Å²) in [7, 11) is 2.22. The van der Waals surface area contributed by atoms with E-state index in [1.807, 2.05) is 72.8 Å². The van der Waals surface area contributed by atoms with Gasteiger partial charge < -0.3 is 4.90 Å². The van der Waals surface area contributed by atoms with Crippen molar-refractivity contribution in [2.75, 3.05) is 20.1 Å². The van der Waals surface area contributed by atoms with Gasteiger partial charge in [0.15, 0.2) is 0 Å². The molecule has 5 aromatic rings. The van der Waals surface area contributed by atoms with E-state index in [4.69, 9.17) is 4.99 Å². The van der Waals surface area contributed by atoms with Crippen molar-refractivity contribution in [2.24, 2.45) is 4.99 Å². The van der Waals surface area contributed by atoms with Gasteiger partial charge in [0.25, 0.3) is 0 Å². The maximum Gasteiger partial charge on any atom is 0.144 e. The Hall–Kier alpha value is -4.11. The average molecular weight is 584 g/mol. The predicted octanol–water partition coefficient (Wildman–Crippen LogP) is 8.59. The van der Waals surface area contributed by atoms with E-state index in [0.717, 1.165) is 46.6 Å². The van der Waals surface area contributed by atoms with E-state index >= 15 is 4.39 Å². The molecule has 2 heterocycles. The van der Waals surface area contributed by atoms with E-state index in [0.29, 0.717) is 10.3 Å². The third-order valence-electron chi connectivity index (χ3n) is 9.43. The molecule has 3 nitrogen and oxygen atoms in total. The molecule has 1 atom stereocenters. The van der Waals surface area contributed by atoms with Crippen LogP contribution in [-0.4, -0.2) is 36.8 Å². The third kappa shape index (κ3) is 5.31. The number of fused-ring (bicyclic) bond motifs is 3. The number of aliphatic imine (C=N–C) groups is 1. The van der Waals surface area contributed by atoms with Gasteiger partial charge in [-0.3, -0.25) is 4.99 Å². The maximum atomic E-state index is 16.1. The highest BCUT2D eigenvalue weighted by molar-refractivity contribution is 7.22. The summed E-state index contributed by atoms with van der Waals surface area (Å²) in [5.41, 5.74) is 7.60. The summed E-state index contributed by atoms with van der Waals surface area (Å²) < 4.78 is 16.7. The first kappa shape index (κ1) is 27.7. The molecule has 0 amide bonds. The molecular formula is C38H34FN3S. The van der Waals surface area contributed by atoms with Crippen LogP contribution in [0, 0.1) is 17.1 Å². The largest absolute Gasteiger partial charge is 0.306 e. The number of aryl methyl sites for hydroxylation is 1. The average Bonchev–Trinajstić information content (AvgIpc) is 3.65. The van der Waals surface area contributed by atoms with Crippen LogP contribution in [0.15, 0.2) is 102 Å². The molecule has 1 aliphatic heterocycles. The zero-order valence-corrected chi connectivity index (χ0v) is 25.2. The number of hydrogen-bond donors (Lipinski definition) is 0. The number of hydrogen-bond acceptors (Lipinski definition) is 4. The van der Waals surface area contributed by atoms with Crippen molar-refractivity contribution in [3.05, 3.63) is 131 Å². The van der Waals surface area contributed by atoms with Gasteiger partial charge in [0.1, 0.15) is 11.9 Å². The molecule has 1 aliphatic carbocycles. The van der Waals surface area contributed by atoms with Gasteiger partial charge in [-0.25, -0.2) is 4.39 Å². The Morgan fingerprint density at radius 1 is 0.930 bits per heavy atom. The highest BCUT2D eigenvalue weighted by Gasteiger charge is 2.40. The monoisotopic (exact) mass is 583 g/mol. The molecule has 214 valence electrons. The van der Waals surface area contributed by atoms with E-state index in [1.54, 1.807) is 0 Å². The molecular weight excluding hydrogens is 550 g/mol. The highest BCUT2D eigenvalue weighted by atomic mass is 32.1. The summed E-state index contributed by atoms with van der Waals surface area (Å²) in [6.45, 7) is 2.29. The van der Waals surface area contributed by atoms with Gasteiger partial charge in [0.2, 0.25) is 0 Å². The maximum absolute atomic E-state index is 16.1. The van der Waals surface area contributed by atoms with Gasteiger partial charge in [-0.05, 0) is 91.0 Å². The zero-order chi connectivity index (χ0) is 29.4. The lowest BCUT2D eigenvalue weighted by Gasteiger charge is -2.38. The predicted molar refractivity (Wildman–Crippen MR) is 176 cm³/mol. The number of nitrogens with zero attached hydrogens (tertiary/aromatic N) is 3. The summed E-state index contributed by atoms with van der Waals surface area (Å²) in [5.74, 6) is -0.238. The van der Waals surface area contributed by atoms with Crippen LogP contribution in [0.2, 0.25) is 0 Å². The summed E-state index contributed by atoms with van der Waals surface area (Å²) in [5, 5.41) is 11.0. The van der Waals surface area contributed by atoms with Crippen molar-refractivity contribution >= 4 is 27.1 Å². The SMILES string of the molecule is CN1CCC2(CCc3ccc(-c4cc5ccc(CC(C#N)N=C(c6ccccc6)c6ccccc6)c(F)c5s4)cc32)CC1. The fourth-order valence-electron chi connectivity index (χ4n) is 6.92. The van der Waals surface area contributed by atoms with Crippen LogP contribution in [-0.2, 0) is 18.3 Å². The van der Waals surface area contributed by atoms with Gasteiger partial charge in [0, 0.05) is 22.4 Å². The van der Waals surface area contributed by atoms with Crippen molar-refractivity contribution in [1.29, 1.82) is 5.26 Å². The van der Waals surface area contributed by atoms with Crippen molar-refractivity contribution in [1.82, 2.24) is 4.90 Å². The Balaban J connectivity index is 1.20. The molecule has 43 heavy (non-hydrogen) atoms. The van der Waals surface area contributed by atoms with E-state index < -0.39 is 6.04 Å². The second-order valence-electron chi connectivity index (χ2n) is 12.1. The first-order valence-electron chi connectivity index (χ1n) is 15.1. The van der Waals surface area contributed by atoms with Crippen LogP contribution in [0.1, 0.15) is 47.1 Å². The minimum absolute atomic E-state index is 0.213. The molecule has 1 fully saturated rings. The Labute approximate surface area is 257 Å². The minimum Gasteiger partial charge on any atom is -0.306 e. The fraction of sp³-hybridized carbons (Fsp3) is 0.263. The van der Waals surface area contributed by atoms with Crippen LogP contribution >= 0.6 is 11.3 Å². The van der Waals surface area contributed by atoms with Gasteiger partial charge in [-0.1, -0.05) is 84.9 Å². The molecule has 4 aromatic carbocycles. The normalized spacial score (nSPS) is 16.6.